The van der Waals surface area contributed by atoms with Crippen LogP contribution in [0.3, 0.4) is 0 Å². The highest BCUT2D eigenvalue weighted by Crippen LogP contribution is 2.22. The van der Waals surface area contributed by atoms with Crippen molar-refractivity contribution in [1.29, 1.82) is 0 Å². The van der Waals surface area contributed by atoms with Crippen molar-refractivity contribution in [2.75, 3.05) is 0 Å². The molecule has 0 saturated heterocycles. The van der Waals surface area contributed by atoms with Crippen LogP contribution < -0.4 is 5.73 Å². The van der Waals surface area contributed by atoms with Gasteiger partial charge in [0.15, 0.2) is 0 Å². The third-order valence-corrected chi connectivity index (χ3v) is 2.05. The highest BCUT2D eigenvalue weighted by atomic mass is 19.4. The lowest BCUT2D eigenvalue weighted by Gasteiger charge is -2.12. The zero-order valence-electron chi connectivity index (χ0n) is 8.17. The minimum absolute atomic E-state index is 0.0359. The summed E-state index contributed by atoms with van der Waals surface area (Å²) in [7, 11) is 0. The van der Waals surface area contributed by atoms with Crippen molar-refractivity contribution in [1.82, 2.24) is 4.98 Å². The van der Waals surface area contributed by atoms with Crippen LogP contribution >= 0.6 is 0 Å². The molecule has 1 aromatic heterocycles. The van der Waals surface area contributed by atoms with Crippen molar-refractivity contribution >= 4 is 0 Å². The minimum Gasteiger partial charge on any atom is -0.327 e. The molecule has 0 aliphatic carbocycles. The maximum absolute atomic E-state index is 11.9. The Balaban J connectivity index is 2.34. The zero-order chi connectivity index (χ0) is 11.3. The number of halogens is 3. The molecule has 1 heterocycles. The Bertz CT molecular complexity index is 284. The van der Waals surface area contributed by atoms with Crippen LogP contribution in [0.4, 0.5) is 13.2 Å². The smallest absolute Gasteiger partial charge is 0.327 e. The van der Waals surface area contributed by atoms with Gasteiger partial charge in [0.1, 0.15) is 0 Å². The molecular formula is C10H13F3N2. The fraction of sp³-hybridized carbons (Fsp3) is 0.500. The largest absolute Gasteiger partial charge is 0.389 e. The summed E-state index contributed by atoms with van der Waals surface area (Å²) in [5.74, 6) is 0. The number of alkyl halides is 3. The van der Waals surface area contributed by atoms with E-state index in [2.05, 4.69) is 4.98 Å². The third kappa shape index (κ3) is 5.37. The van der Waals surface area contributed by atoms with Gasteiger partial charge in [-0.1, -0.05) is 0 Å². The average Bonchev–Trinajstić information content (AvgIpc) is 2.15. The first-order chi connectivity index (χ1) is 6.97. The number of hydrogen-bond acceptors (Lipinski definition) is 2. The van der Waals surface area contributed by atoms with E-state index in [-0.39, 0.29) is 6.42 Å². The summed E-state index contributed by atoms with van der Waals surface area (Å²) >= 11 is 0. The molecule has 15 heavy (non-hydrogen) atoms. The molecule has 1 atom stereocenters. The van der Waals surface area contributed by atoms with Crippen LogP contribution in [0, 0.1) is 0 Å². The number of aromatic nitrogens is 1. The summed E-state index contributed by atoms with van der Waals surface area (Å²) in [6.45, 7) is 0. The van der Waals surface area contributed by atoms with Gasteiger partial charge in [-0.25, -0.2) is 0 Å². The van der Waals surface area contributed by atoms with E-state index in [9.17, 15) is 13.2 Å². The summed E-state index contributed by atoms with van der Waals surface area (Å²) < 4.78 is 35.7. The molecular weight excluding hydrogens is 205 g/mol. The Labute approximate surface area is 86.3 Å². The van der Waals surface area contributed by atoms with Crippen molar-refractivity contribution in [3.8, 4) is 0 Å². The maximum Gasteiger partial charge on any atom is 0.389 e. The second kappa shape index (κ2) is 5.11. The number of rotatable bonds is 4. The molecule has 0 radical (unpaired) electrons. The van der Waals surface area contributed by atoms with Crippen LogP contribution in [-0.4, -0.2) is 17.2 Å². The van der Waals surface area contributed by atoms with Crippen molar-refractivity contribution in [3.63, 3.8) is 0 Å². The lowest BCUT2D eigenvalue weighted by atomic mass is 10.0. The van der Waals surface area contributed by atoms with Gasteiger partial charge in [-0.2, -0.15) is 13.2 Å². The van der Waals surface area contributed by atoms with Crippen LogP contribution in [0.1, 0.15) is 18.4 Å². The molecule has 0 amide bonds. The fourth-order valence-electron chi connectivity index (χ4n) is 1.27. The molecule has 0 aliphatic rings. The summed E-state index contributed by atoms with van der Waals surface area (Å²) in [5.41, 5.74) is 6.51. The summed E-state index contributed by atoms with van der Waals surface area (Å²) in [5, 5.41) is 0. The first-order valence-electron chi connectivity index (χ1n) is 4.68. The Hall–Kier alpha value is -1.10. The first kappa shape index (κ1) is 12.0. The summed E-state index contributed by atoms with van der Waals surface area (Å²) in [6, 6.07) is 3.06. The van der Waals surface area contributed by atoms with Crippen LogP contribution in [-0.2, 0) is 6.42 Å². The molecule has 0 fully saturated rings. The van der Waals surface area contributed by atoms with Gasteiger partial charge in [0, 0.05) is 24.9 Å². The standard InChI is InChI=1S/C10H13F3N2/c11-10(12,13)4-1-9(14)7-8-2-5-15-6-3-8/h2-3,5-6,9H,1,4,7,14H2. The molecule has 0 aromatic carbocycles. The second-order valence-corrected chi connectivity index (χ2v) is 3.47. The van der Waals surface area contributed by atoms with Gasteiger partial charge < -0.3 is 5.73 Å². The molecule has 0 saturated carbocycles. The molecule has 84 valence electrons. The molecule has 0 bridgehead atoms. The van der Waals surface area contributed by atoms with Gasteiger partial charge >= 0.3 is 6.18 Å². The van der Waals surface area contributed by atoms with Crippen LogP contribution in [0.2, 0.25) is 0 Å². The van der Waals surface area contributed by atoms with E-state index in [4.69, 9.17) is 5.73 Å². The molecule has 2 N–H and O–H groups in total. The molecule has 1 unspecified atom stereocenters. The van der Waals surface area contributed by atoms with Crippen molar-refractivity contribution in [2.45, 2.75) is 31.5 Å². The Morgan fingerprint density at radius 3 is 2.40 bits per heavy atom. The Morgan fingerprint density at radius 1 is 1.27 bits per heavy atom. The summed E-state index contributed by atoms with van der Waals surface area (Å²) in [6.07, 6.45) is -1.31. The van der Waals surface area contributed by atoms with Gasteiger partial charge in [-0.05, 0) is 30.5 Å². The van der Waals surface area contributed by atoms with E-state index in [0.29, 0.717) is 6.42 Å². The third-order valence-electron chi connectivity index (χ3n) is 2.05. The number of nitrogens with two attached hydrogens (primary N) is 1. The van der Waals surface area contributed by atoms with Crippen molar-refractivity contribution in [2.24, 2.45) is 5.73 Å². The van der Waals surface area contributed by atoms with E-state index >= 15 is 0 Å². The number of pyridine rings is 1. The topological polar surface area (TPSA) is 38.9 Å². The molecule has 1 aromatic rings. The van der Waals surface area contributed by atoms with Gasteiger partial charge in [-0.15, -0.1) is 0 Å². The van der Waals surface area contributed by atoms with Crippen molar-refractivity contribution in [3.05, 3.63) is 30.1 Å². The lowest BCUT2D eigenvalue weighted by molar-refractivity contribution is -0.136. The molecule has 1 rings (SSSR count). The maximum atomic E-state index is 11.9. The van der Waals surface area contributed by atoms with Crippen LogP contribution in [0.15, 0.2) is 24.5 Å². The fourth-order valence-corrected chi connectivity index (χ4v) is 1.27. The Morgan fingerprint density at radius 2 is 1.87 bits per heavy atom. The van der Waals surface area contributed by atoms with Gasteiger partial charge in [-0.3, -0.25) is 4.98 Å². The van der Waals surface area contributed by atoms with Gasteiger partial charge in [0.05, 0.1) is 0 Å². The highest BCUT2D eigenvalue weighted by molar-refractivity contribution is 5.11. The molecule has 5 heteroatoms. The number of nitrogens with zero attached hydrogens (tertiary/aromatic N) is 1. The first-order valence-corrected chi connectivity index (χ1v) is 4.68. The second-order valence-electron chi connectivity index (χ2n) is 3.47. The molecule has 0 spiro atoms. The monoisotopic (exact) mass is 218 g/mol. The van der Waals surface area contributed by atoms with E-state index < -0.39 is 18.6 Å². The van der Waals surface area contributed by atoms with E-state index in [1.54, 1.807) is 24.5 Å². The van der Waals surface area contributed by atoms with E-state index in [1.807, 2.05) is 0 Å². The van der Waals surface area contributed by atoms with Crippen LogP contribution in [0.5, 0.6) is 0 Å². The normalized spacial score (nSPS) is 13.9. The average molecular weight is 218 g/mol. The lowest BCUT2D eigenvalue weighted by Crippen LogP contribution is -2.25. The Kier molecular flexibility index (Phi) is 4.08. The van der Waals surface area contributed by atoms with E-state index in [0.717, 1.165) is 5.56 Å². The van der Waals surface area contributed by atoms with Crippen LogP contribution in [0.25, 0.3) is 0 Å². The molecule has 2 nitrogen and oxygen atoms in total. The molecule has 0 aliphatic heterocycles. The zero-order valence-corrected chi connectivity index (χ0v) is 8.17. The van der Waals surface area contributed by atoms with E-state index in [1.165, 1.54) is 0 Å². The minimum atomic E-state index is -4.12. The van der Waals surface area contributed by atoms with Gasteiger partial charge in [0.25, 0.3) is 0 Å². The predicted molar refractivity (Wildman–Crippen MR) is 51.2 cm³/mol. The summed E-state index contributed by atoms with van der Waals surface area (Å²) in [4.78, 5) is 3.82. The SMILES string of the molecule is NC(CCC(F)(F)F)Cc1ccncc1. The van der Waals surface area contributed by atoms with Gasteiger partial charge in [0.2, 0.25) is 0 Å². The highest BCUT2D eigenvalue weighted by Gasteiger charge is 2.27. The quantitative estimate of drug-likeness (QED) is 0.842. The number of hydrogen-bond donors (Lipinski definition) is 1. The van der Waals surface area contributed by atoms with Crippen molar-refractivity contribution < 1.29 is 13.2 Å². The predicted octanol–water partition coefficient (Wildman–Crippen LogP) is 2.29.